The van der Waals surface area contributed by atoms with E-state index in [1.807, 2.05) is 60.7 Å². The number of hydrogen-bond donors (Lipinski definition) is 0. The maximum atomic E-state index is 5.03. The van der Waals surface area contributed by atoms with Crippen molar-refractivity contribution in [1.29, 1.82) is 0 Å². The average molecular weight is 666 g/mol. The molecular formula is C49H35N3. The molecule has 2 aliphatic rings. The summed E-state index contributed by atoms with van der Waals surface area (Å²) in [7, 11) is 0. The molecule has 0 radical (unpaired) electrons. The zero-order valence-electron chi connectivity index (χ0n) is 29.1. The minimum absolute atomic E-state index is 0.184. The van der Waals surface area contributed by atoms with E-state index < -0.39 is 5.41 Å². The fourth-order valence-corrected chi connectivity index (χ4v) is 8.82. The van der Waals surface area contributed by atoms with Crippen LogP contribution in [0.25, 0.3) is 56.4 Å². The standard InChI is InChI=1S/C49H35N3/c1-48(2)41-26-13-14-27-43(41)49(39-24-11-9-22-37(39)38-23-10-12-25-40(38)49)44-31-35(28-29-42(44)48)34-20-15-21-36(30-34)47-51-45(32-16-5-3-6-17-32)50-46(52-47)33-18-7-4-8-19-33/h3-31H,1-2H3. The molecule has 0 amide bonds. The molecule has 10 rings (SSSR count). The predicted molar refractivity (Wildman–Crippen MR) is 211 cm³/mol. The maximum absolute atomic E-state index is 5.03. The molecule has 246 valence electrons. The average Bonchev–Trinajstić information content (AvgIpc) is 3.51. The summed E-state index contributed by atoms with van der Waals surface area (Å²) in [6.07, 6.45) is 0. The Morgan fingerprint density at radius 1 is 0.308 bits per heavy atom. The largest absolute Gasteiger partial charge is 0.208 e. The third kappa shape index (κ3) is 4.42. The second-order valence-electron chi connectivity index (χ2n) is 14.4. The molecule has 52 heavy (non-hydrogen) atoms. The van der Waals surface area contributed by atoms with Crippen molar-refractivity contribution in [3.05, 3.63) is 209 Å². The van der Waals surface area contributed by atoms with E-state index in [1.165, 1.54) is 44.5 Å². The summed E-state index contributed by atoms with van der Waals surface area (Å²) in [5.74, 6) is 1.97. The van der Waals surface area contributed by atoms with Crippen LogP contribution in [0.15, 0.2) is 176 Å². The Morgan fingerprint density at radius 2 is 0.731 bits per heavy atom. The van der Waals surface area contributed by atoms with Gasteiger partial charge in [0.05, 0.1) is 5.41 Å². The van der Waals surface area contributed by atoms with Crippen molar-refractivity contribution in [2.24, 2.45) is 0 Å². The van der Waals surface area contributed by atoms with Crippen LogP contribution in [0.3, 0.4) is 0 Å². The highest BCUT2D eigenvalue weighted by atomic mass is 15.0. The lowest BCUT2D eigenvalue weighted by Gasteiger charge is -2.46. The molecule has 1 spiro atoms. The Morgan fingerprint density at radius 3 is 1.33 bits per heavy atom. The number of hydrogen-bond acceptors (Lipinski definition) is 3. The van der Waals surface area contributed by atoms with Gasteiger partial charge in [-0.2, -0.15) is 0 Å². The smallest absolute Gasteiger partial charge is 0.164 e. The molecule has 0 saturated heterocycles. The summed E-state index contributed by atoms with van der Waals surface area (Å²) < 4.78 is 0. The first kappa shape index (κ1) is 30.4. The molecule has 2 aliphatic carbocycles. The van der Waals surface area contributed by atoms with E-state index >= 15 is 0 Å². The highest BCUT2D eigenvalue weighted by Crippen LogP contribution is 2.62. The summed E-state index contributed by atoms with van der Waals surface area (Å²) >= 11 is 0. The van der Waals surface area contributed by atoms with Crippen molar-refractivity contribution in [1.82, 2.24) is 15.0 Å². The minimum Gasteiger partial charge on any atom is -0.208 e. The monoisotopic (exact) mass is 665 g/mol. The van der Waals surface area contributed by atoms with Crippen molar-refractivity contribution in [3.63, 3.8) is 0 Å². The van der Waals surface area contributed by atoms with E-state index in [-0.39, 0.29) is 5.41 Å². The molecule has 3 nitrogen and oxygen atoms in total. The highest BCUT2D eigenvalue weighted by molar-refractivity contribution is 5.89. The topological polar surface area (TPSA) is 38.7 Å². The van der Waals surface area contributed by atoms with Crippen molar-refractivity contribution in [2.75, 3.05) is 0 Å². The second kappa shape index (κ2) is 11.5. The lowest BCUT2D eigenvalue weighted by Crippen LogP contribution is -2.40. The van der Waals surface area contributed by atoms with Gasteiger partial charge in [0.2, 0.25) is 0 Å². The van der Waals surface area contributed by atoms with Crippen LogP contribution in [0.5, 0.6) is 0 Å². The number of fused-ring (bicyclic) bond motifs is 9. The van der Waals surface area contributed by atoms with Gasteiger partial charge in [-0.15, -0.1) is 0 Å². The molecule has 0 atom stereocenters. The summed E-state index contributed by atoms with van der Waals surface area (Å²) in [5.41, 5.74) is 15.3. The molecule has 3 heteroatoms. The minimum atomic E-state index is -0.439. The van der Waals surface area contributed by atoms with Gasteiger partial charge in [0, 0.05) is 22.1 Å². The van der Waals surface area contributed by atoms with Crippen LogP contribution < -0.4 is 0 Å². The third-order valence-corrected chi connectivity index (χ3v) is 11.2. The van der Waals surface area contributed by atoms with Crippen LogP contribution in [0.2, 0.25) is 0 Å². The van der Waals surface area contributed by atoms with Crippen LogP contribution in [0.1, 0.15) is 47.2 Å². The van der Waals surface area contributed by atoms with E-state index in [0.29, 0.717) is 17.5 Å². The van der Waals surface area contributed by atoms with Gasteiger partial charge in [0.1, 0.15) is 0 Å². The lowest BCUT2D eigenvalue weighted by molar-refractivity contribution is 0.563. The zero-order chi connectivity index (χ0) is 34.9. The number of nitrogens with zero attached hydrogens (tertiary/aromatic N) is 3. The Hall–Kier alpha value is -6.45. The molecule has 0 aliphatic heterocycles. The van der Waals surface area contributed by atoms with Crippen LogP contribution in [0, 0.1) is 0 Å². The van der Waals surface area contributed by atoms with Crippen molar-refractivity contribution in [3.8, 4) is 56.4 Å². The molecular weight excluding hydrogens is 631 g/mol. The van der Waals surface area contributed by atoms with Crippen LogP contribution in [-0.2, 0) is 10.8 Å². The predicted octanol–water partition coefficient (Wildman–Crippen LogP) is 11.5. The molecule has 0 N–H and O–H groups in total. The van der Waals surface area contributed by atoms with Gasteiger partial charge in [-0.25, -0.2) is 15.0 Å². The van der Waals surface area contributed by atoms with Crippen molar-refractivity contribution in [2.45, 2.75) is 24.7 Å². The Balaban J connectivity index is 1.18. The SMILES string of the molecule is CC1(C)c2ccccc2C2(c3ccccc3-c3ccccc32)c2cc(-c3cccc(-c4nc(-c5ccccc5)nc(-c5ccccc5)n4)c3)ccc21. The van der Waals surface area contributed by atoms with E-state index in [0.717, 1.165) is 27.8 Å². The number of benzene rings is 7. The first-order chi connectivity index (χ1) is 25.5. The summed E-state index contributed by atoms with van der Waals surface area (Å²) in [5, 5.41) is 0. The fourth-order valence-electron chi connectivity index (χ4n) is 8.82. The number of rotatable bonds is 4. The Kier molecular flexibility index (Phi) is 6.74. The van der Waals surface area contributed by atoms with Crippen LogP contribution >= 0.6 is 0 Å². The molecule has 0 fully saturated rings. The van der Waals surface area contributed by atoms with Gasteiger partial charge >= 0.3 is 0 Å². The maximum Gasteiger partial charge on any atom is 0.164 e. The Bertz CT molecular complexity index is 2550. The van der Waals surface area contributed by atoms with Gasteiger partial charge in [-0.05, 0) is 67.8 Å². The van der Waals surface area contributed by atoms with Crippen molar-refractivity contribution >= 4 is 0 Å². The molecule has 7 aromatic carbocycles. The molecule has 0 unspecified atom stereocenters. The molecule has 1 aromatic heterocycles. The van der Waals surface area contributed by atoms with Gasteiger partial charge in [-0.1, -0.05) is 178 Å². The summed E-state index contributed by atoms with van der Waals surface area (Å²) in [4.78, 5) is 15.0. The quantitative estimate of drug-likeness (QED) is 0.188. The van der Waals surface area contributed by atoms with E-state index in [9.17, 15) is 0 Å². The summed E-state index contributed by atoms with van der Waals surface area (Å²) in [6, 6.07) is 63.2. The lowest BCUT2D eigenvalue weighted by atomic mass is 9.55. The van der Waals surface area contributed by atoms with E-state index in [4.69, 9.17) is 15.0 Å². The van der Waals surface area contributed by atoms with Crippen LogP contribution in [0.4, 0.5) is 0 Å². The zero-order valence-corrected chi connectivity index (χ0v) is 29.1. The van der Waals surface area contributed by atoms with E-state index in [2.05, 4.69) is 129 Å². The normalized spacial score (nSPS) is 14.3. The van der Waals surface area contributed by atoms with Gasteiger partial charge in [0.15, 0.2) is 17.5 Å². The van der Waals surface area contributed by atoms with Gasteiger partial charge < -0.3 is 0 Å². The third-order valence-electron chi connectivity index (χ3n) is 11.2. The van der Waals surface area contributed by atoms with Gasteiger partial charge in [0.25, 0.3) is 0 Å². The molecule has 8 aromatic rings. The number of aromatic nitrogens is 3. The van der Waals surface area contributed by atoms with E-state index in [1.54, 1.807) is 0 Å². The molecule has 0 bridgehead atoms. The Labute approximate surface area is 304 Å². The highest BCUT2D eigenvalue weighted by Gasteiger charge is 2.53. The van der Waals surface area contributed by atoms with Crippen LogP contribution in [-0.4, -0.2) is 15.0 Å². The van der Waals surface area contributed by atoms with Crippen molar-refractivity contribution < 1.29 is 0 Å². The van der Waals surface area contributed by atoms with Gasteiger partial charge in [-0.3, -0.25) is 0 Å². The second-order valence-corrected chi connectivity index (χ2v) is 14.4. The fraction of sp³-hybridized carbons (Fsp3) is 0.0816. The first-order valence-corrected chi connectivity index (χ1v) is 18.0. The molecule has 1 heterocycles. The first-order valence-electron chi connectivity index (χ1n) is 18.0. The molecule has 0 saturated carbocycles. The summed E-state index contributed by atoms with van der Waals surface area (Å²) in [6.45, 7) is 4.75.